The van der Waals surface area contributed by atoms with Crippen LogP contribution in [-0.4, -0.2) is 20.8 Å². The van der Waals surface area contributed by atoms with E-state index in [1.165, 1.54) is 0 Å². The molecule has 0 unspecified atom stereocenters. The van der Waals surface area contributed by atoms with Gasteiger partial charge in [-0.2, -0.15) is 9.90 Å². The predicted molar refractivity (Wildman–Crippen MR) is 77.8 cm³/mol. The monoisotopic (exact) mass is 267 g/mol. The molecule has 0 aliphatic heterocycles. The van der Waals surface area contributed by atoms with E-state index in [-0.39, 0.29) is 11.2 Å². The molecule has 0 atom stereocenters. The first-order chi connectivity index (χ1) is 9.53. The number of nitrogens with zero attached hydrogens (tertiary/aromatic N) is 3. The van der Waals surface area contributed by atoms with E-state index in [0.717, 1.165) is 23.4 Å². The fourth-order valence-electron chi connectivity index (χ4n) is 2.58. The highest BCUT2D eigenvalue weighted by Crippen LogP contribution is 2.35. The molecule has 1 heterocycles. The molecule has 0 fully saturated rings. The Labute approximate surface area is 118 Å². The van der Waals surface area contributed by atoms with E-state index in [9.17, 15) is 4.79 Å². The molecular weight excluding hydrogens is 250 g/mol. The van der Waals surface area contributed by atoms with Gasteiger partial charge >= 0.3 is 0 Å². The minimum atomic E-state index is -0.0261. The zero-order valence-corrected chi connectivity index (χ0v) is 11.7. The van der Waals surface area contributed by atoms with Gasteiger partial charge in [-0.15, -0.1) is 5.10 Å². The molecule has 0 amide bonds. The Hall–Kier alpha value is -2.23. The van der Waals surface area contributed by atoms with Crippen molar-refractivity contribution in [1.82, 2.24) is 15.0 Å². The van der Waals surface area contributed by atoms with Crippen molar-refractivity contribution in [2.75, 3.05) is 0 Å². The summed E-state index contributed by atoms with van der Waals surface area (Å²) in [5, 5.41) is 8.79. The second kappa shape index (κ2) is 4.71. The van der Waals surface area contributed by atoms with Gasteiger partial charge in [-0.1, -0.05) is 44.2 Å². The summed E-state index contributed by atoms with van der Waals surface area (Å²) in [4.78, 5) is 13.4. The molecule has 0 radical (unpaired) electrons. The first-order valence-corrected chi connectivity index (χ1v) is 6.75. The van der Waals surface area contributed by atoms with Crippen molar-refractivity contribution >= 4 is 11.5 Å². The molecule has 0 saturated heterocycles. The van der Waals surface area contributed by atoms with Crippen molar-refractivity contribution in [2.24, 2.45) is 5.41 Å². The van der Waals surface area contributed by atoms with Gasteiger partial charge in [0.1, 0.15) is 5.69 Å². The van der Waals surface area contributed by atoms with Crippen LogP contribution >= 0.6 is 0 Å². The Morgan fingerprint density at radius 2 is 1.90 bits per heavy atom. The normalized spacial score (nSPS) is 17.9. The molecule has 0 N–H and O–H groups in total. The second-order valence-electron chi connectivity index (χ2n) is 6.01. The number of hydrogen-bond acceptors (Lipinski definition) is 3. The summed E-state index contributed by atoms with van der Waals surface area (Å²) < 4.78 is 0. The molecule has 0 saturated carbocycles. The first kappa shape index (κ1) is 12.8. The van der Waals surface area contributed by atoms with E-state index in [4.69, 9.17) is 0 Å². The Kier molecular flexibility index (Phi) is 3.01. The molecule has 20 heavy (non-hydrogen) atoms. The summed E-state index contributed by atoms with van der Waals surface area (Å²) in [7, 11) is 0. The van der Waals surface area contributed by atoms with E-state index in [1.54, 1.807) is 17.1 Å². The Morgan fingerprint density at radius 3 is 2.60 bits per heavy atom. The second-order valence-corrected chi connectivity index (χ2v) is 6.01. The highest BCUT2D eigenvalue weighted by molar-refractivity contribution is 5.96. The summed E-state index contributed by atoms with van der Waals surface area (Å²) in [5.74, 6) is 0.148. The van der Waals surface area contributed by atoms with Crippen LogP contribution in [0.15, 0.2) is 42.6 Å². The van der Waals surface area contributed by atoms with Gasteiger partial charge in [-0.3, -0.25) is 4.79 Å². The predicted octanol–water partition coefficient (Wildman–Crippen LogP) is 3.18. The summed E-state index contributed by atoms with van der Waals surface area (Å²) in [6.45, 7) is 4.19. The van der Waals surface area contributed by atoms with E-state index in [1.807, 2.05) is 30.3 Å². The largest absolute Gasteiger partial charge is 0.295 e. The van der Waals surface area contributed by atoms with Crippen molar-refractivity contribution in [2.45, 2.75) is 26.7 Å². The van der Waals surface area contributed by atoms with Gasteiger partial charge in [0.05, 0.1) is 11.9 Å². The average molecular weight is 267 g/mol. The topological polar surface area (TPSA) is 47.8 Å². The fourth-order valence-corrected chi connectivity index (χ4v) is 2.58. The standard InChI is InChI=1S/C16H17N3O/c1-16(2)9-13(8-14(20)10-16)19-17-11-15(18-19)12-6-4-3-5-7-12/h3-8,11H,9-10H2,1-2H3. The smallest absolute Gasteiger partial charge is 0.158 e. The molecule has 1 aromatic heterocycles. The van der Waals surface area contributed by atoms with Gasteiger partial charge in [0.25, 0.3) is 0 Å². The van der Waals surface area contributed by atoms with Crippen LogP contribution in [0.3, 0.4) is 0 Å². The van der Waals surface area contributed by atoms with E-state index < -0.39 is 0 Å². The van der Waals surface area contributed by atoms with Gasteiger partial charge in [0.2, 0.25) is 0 Å². The van der Waals surface area contributed by atoms with Gasteiger partial charge in [-0.25, -0.2) is 0 Å². The summed E-state index contributed by atoms with van der Waals surface area (Å²) in [6.07, 6.45) is 4.80. The molecule has 102 valence electrons. The maximum Gasteiger partial charge on any atom is 0.158 e. The average Bonchev–Trinajstić information content (AvgIpc) is 2.87. The van der Waals surface area contributed by atoms with Crippen LogP contribution in [-0.2, 0) is 4.79 Å². The zero-order chi connectivity index (χ0) is 14.2. The van der Waals surface area contributed by atoms with Crippen molar-refractivity contribution in [3.05, 3.63) is 42.6 Å². The third-order valence-electron chi connectivity index (χ3n) is 3.46. The minimum Gasteiger partial charge on any atom is -0.295 e. The van der Waals surface area contributed by atoms with Crippen LogP contribution in [0, 0.1) is 5.41 Å². The zero-order valence-electron chi connectivity index (χ0n) is 11.7. The summed E-state index contributed by atoms with van der Waals surface area (Å²) in [6, 6.07) is 9.91. The van der Waals surface area contributed by atoms with Crippen LogP contribution in [0.2, 0.25) is 0 Å². The number of rotatable bonds is 2. The quantitative estimate of drug-likeness (QED) is 0.839. The number of carbonyl (C=O) groups is 1. The molecule has 3 rings (SSSR count). The van der Waals surface area contributed by atoms with Crippen molar-refractivity contribution in [1.29, 1.82) is 0 Å². The Balaban J connectivity index is 1.93. The lowest BCUT2D eigenvalue weighted by Crippen LogP contribution is -2.24. The van der Waals surface area contributed by atoms with Crippen LogP contribution in [0.1, 0.15) is 26.7 Å². The molecule has 4 nitrogen and oxygen atoms in total. The Bertz CT molecular complexity index is 668. The minimum absolute atomic E-state index is 0.0261. The van der Waals surface area contributed by atoms with Crippen molar-refractivity contribution < 1.29 is 4.79 Å². The molecule has 2 aromatic rings. The lowest BCUT2D eigenvalue weighted by atomic mass is 9.79. The molecule has 4 heteroatoms. The molecule has 0 bridgehead atoms. The lowest BCUT2D eigenvalue weighted by Gasteiger charge is -2.27. The van der Waals surface area contributed by atoms with E-state index in [0.29, 0.717) is 6.42 Å². The maximum absolute atomic E-state index is 11.8. The summed E-state index contributed by atoms with van der Waals surface area (Å²) >= 11 is 0. The van der Waals surface area contributed by atoms with Gasteiger partial charge < -0.3 is 0 Å². The van der Waals surface area contributed by atoms with E-state index >= 15 is 0 Å². The third kappa shape index (κ3) is 2.54. The maximum atomic E-state index is 11.8. The van der Waals surface area contributed by atoms with Gasteiger partial charge in [-0.05, 0) is 11.8 Å². The Morgan fingerprint density at radius 1 is 1.15 bits per heavy atom. The van der Waals surface area contributed by atoms with Crippen LogP contribution in [0.25, 0.3) is 17.0 Å². The lowest BCUT2D eigenvalue weighted by molar-refractivity contribution is -0.116. The number of hydrogen-bond donors (Lipinski definition) is 0. The SMILES string of the molecule is CC1(C)CC(=O)C=C(n2ncc(-c3ccccc3)n2)C1. The van der Waals surface area contributed by atoms with Crippen LogP contribution < -0.4 is 0 Å². The number of benzene rings is 1. The highest BCUT2D eigenvalue weighted by atomic mass is 16.1. The summed E-state index contributed by atoms with van der Waals surface area (Å²) in [5.41, 5.74) is 2.69. The van der Waals surface area contributed by atoms with Crippen LogP contribution in [0.5, 0.6) is 0 Å². The van der Waals surface area contributed by atoms with Crippen LogP contribution in [0.4, 0.5) is 0 Å². The van der Waals surface area contributed by atoms with Gasteiger partial charge in [0.15, 0.2) is 5.78 Å². The number of allylic oxidation sites excluding steroid dienone is 2. The fraction of sp³-hybridized carbons (Fsp3) is 0.312. The van der Waals surface area contributed by atoms with Crippen molar-refractivity contribution in [3.8, 4) is 11.3 Å². The van der Waals surface area contributed by atoms with Crippen molar-refractivity contribution in [3.63, 3.8) is 0 Å². The molecule has 1 aromatic carbocycles. The number of carbonyl (C=O) groups excluding carboxylic acids is 1. The molecule has 0 spiro atoms. The number of aromatic nitrogens is 3. The first-order valence-electron chi connectivity index (χ1n) is 6.75. The molecular formula is C16H17N3O. The van der Waals surface area contributed by atoms with E-state index in [2.05, 4.69) is 24.0 Å². The highest BCUT2D eigenvalue weighted by Gasteiger charge is 2.29. The third-order valence-corrected chi connectivity index (χ3v) is 3.46. The number of ketones is 1. The van der Waals surface area contributed by atoms with Gasteiger partial charge in [0, 0.05) is 18.1 Å². The molecule has 1 aliphatic rings. The molecule has 1 aliphatic carbocycles.